The zero-order valence-corrected chi connectivity index (χ0v) is 10.9. The van der Waals surface area contributed by atoms with Crippen LogP contribution >= 0.6 is 0 Å². The molecule has 0 amide bonds. The van der Waals surface area contributed by atoms with Gasteiger partial charge in [0.25, 0.3) is 0 Å². The Kier molecular flexibility index (Phi) is 2.73. The highest BCUT2D eigenvalue weighted by atomic mass is 16.5. The standard InChI is InChI=1S/C15H17NO3/c1-19-12-5-4-11-10(6-9-16-11)13(12)15(14(17)18)7-2-3-8-15/h4-6,9,16H,2-3,7-8H2,1H3,(H,17,18). The summed E-state index contributed by atoms with van der Waals surface area (Å²) in [5.74, 6) is -0.0617. The maximum atomic E-state index is 11.9. The van der Waals surface area contributed by atoms with E-state index in [1.807, 2.05) is 24.4 Å². The second-order valence-corrected chi connectivity index (χ2v) is 5.18. The SMILES string of the molecule is COc1ccc2[nH]ccc2c1C1(C(=O)O)CCCC1. The highest BCUT2D eigenvalue weighted by Gasteiger charge is 2.45. The lowest BCUT2D eigenvalue weighted by atomic mass is 9.77. The van der Waals surface area contributed by atoms with E-state index in [1.54, 1.807) is 7.11 Å². The Morgan fingerprint density at radius 3 is 2.68 bits per heavy atom. The number of methoxy groups -OCH3 is 1. The fraction of sp³-hybridized carbons (Fsp3) is 0.400. The molecule has 1 fully saturated rings. The van der Waals surface area contributed by atoms with E-state index in [2.05, 4.69) is 4.98 Å². The summed E-state index contributed by atoms with van der Waals surface area (Å²) < 4.78 is 5.43. The molecule has 1 aliphatic carbocycles. The smallest absolute Gasteiger partial charge is 0.314 e. The third-order valence-electron chi connectivity index (χ3n) is 4.26. The molecule has 0 spiro atoms. The summed E-state index contributed by atoms with van der Waals surface area (Å²) in [6.45, 7) is 0. The van der Waals surface area contributed by atoms with Crippen LogP contribution in [0.3, 0.4) is 0 Å². The van der Waals surface area contributed by atoms with E-state index < -0.39 is 11.4 Å². The fourth-order valence-corrected chi connectivity index (χ4v) is 3.33. The first-order valence-electron chi connectivity index (χ1n) is 6.57. The number of carboxylic acids is 1. The van der Waals surface area contributed by atoms with Crippen LogP contribution in [0.4, 0.5) is 0 Å². The minimum absolute atomic E-state index is 0.677. The van der Waals surface area contributed by atoms with Crippen LogP contribution in [0.15, 0.2) is 24.4 Å². The molecule has 0 atom stereocenters. The Labute approximate surface area is 111 Å². The summed E-state index contributed by atoms with van der Waals surface area (Å²) in [5.41, 5.74) is 0.995. The molecule has 19 heavy (non-hydrogen) atoms. The lowest BCUT2D eigenvalue weighted by Crippen LogP contribution is -2.33. The number of carboxylic acid groups (broad SMARTS) is 1. The number of fused-ring (bicyclic) bond motifs is 1. The summed E-state index contributed by atoms with van der Waals surface area (Å²) >= 11 is 0. The van der Waals surface area contributed by atoms with Gasteiger partial charge in [-0.05, 0) is 31.0 Å². The molecule has 0 unspecified atom stereocenters. The van der Waals surface area contributed by atoms with E-state index >= 15 is 0 Å². The van der Waals surface area contributed by atoms with Gasteiger partial charge in [-0.3, -0.25) is 4.79 Å². The van der Waals surface area contributed by atoms with Crippen molar-refractivity contribution in [3.63, 3.8) is 0 Å². The van der Waals surface area contributed by atoms with Crippen molar-refractivity contribution in [1.82, 2.24) is 4.98 Å². The number of H-pyrrole nitrogens is 1. The lowest BCUT2D eigenvalue weighted by molar-refractivity contribution is -0.143. The molecule has 4 heteroatoms. The number of aromatic nitrogens is 1. The quantitative estimate of drug-likeness (QED) is 0.890. The molecule has 1 aliphatic rings. The van der Waals surface area contributed by atoms with Gasteiger partial charge >= 0.3 is 5.97 Å². The number of ether oxygens (including phenoxy) is 1. The van der Waals surface area contributed by atoms with Crippen molar-refractivity contribution in [2.24, 2.45) is 0 Å². The van der Waals surface area contributed by atoms with Crippen molar-refractivity contribution in [1.29, 1.82) is 0 Å². The maximum absolute atomic E-state index is 11.9. The van der Waals surface area contributed by atoms with Crippen molar-refractivity contribution in [3.05, 3.63) is 30.0 Å². The fourth-order valence-electron chi connectivity index (χ4n) is 3.33. The van der Waals surface area contributed by atoms with Crippen molar-refractivity contribution < 1.29 is 14.6 Å². The Bertz CT molecular complexity index is 623. The zero-order chi connectivity index (χ0) is 13.5. The second kappa shape index (κ2) is 4.30. The topological polar surface area (TPSA) is 62.3 Å². The van der Waals surface area contributed by atoms with Gasteiger partial charge in [0.2, 0.25) is 0 Å². The third-order valence-corrected chi connectivity index (χ3v) is 4.26. The Morgan fingerprint density at radius 1 is 1.32 bits per heavy atom. The average molecular weight is 259 g/mol. The number of aliphatic carboxylic acids is 1. The summed E-state index contributed by atoms with van der Waals surface area (Å²) in [4.78, 5) is 15.0. The van der Waals surface area contributed by atoms with Gasteiger partial charge in [0.1, 0.15) is 5.75 Å². The van der Waals surface area contributed by atoms with Gasteiger partial charge in [0.15, 0.2) is 0 Å². The average Bonchev–Trinajstić information content (AvgIpc) is 3.06. The molecule has 4 nitrogen and oxygen atoms in total. The van der Waals surface area contributed by atoms with Gasteiger partial charge in [-0.1, -0.05) is 12.8 Å². The predicted molar refractivity (Wildman–Crippen MR) is 72.6 cm³/mol. The minimum Gasteiger partial charge on any atom is -0.496 e. The van der Waals surface area contributed by atoms with Crippen LogP contribution in [0.1, 0.15) is 31.2 Å². The minimum atomic E-state index is -0.799. The number of rotatable bonds is 3. The van der Waals surface area contributed by atoms with E-state index in [1.165, 1.54) is 0 Å². The summed E-state index contributed by atoms with van der Waals surface area (Å²) in [6, 6.07) is 5.73. The molecule has 1 aromatic carbocycles. The molecule has 0 saturated heterocycles. The normalized spacial score (nSPS) is 17.7. The van der Waals surface area contributed by atoms with Crippen molar-refractivity contribution in [2.75, 3.05) is 7.11 Å². The molecule has 100 valence electrons. The Hall–Kier alpha value is -1.97. The third kappa shape index (κ3) is 1.63. The van der Waals surface area contributed by atoms with Gasteiger partial charge in [0, 0.05) is 22.7 Å². The van der Waals surface area contributed by atoms with Crippen LogP contribution in [0.2, 0.25) is 0 Å². The summed E-state index contributed by atoms with van der Waals surface area (Å²) in [7, 11) is 1.60. The van der Waals surface area contributed by atoms with E-state index in [9.17, 15) is 9.90 Å². The Morgan fingerprint density at radius 2 is 2.05 bits per heavy atom. The number of hydrogen-bond donors (Lipinski definition) is 2. The first-order chi connectivity index (χ1) is 9.19. The highest BCUT2D eigenvalue weighted by Crippen LogP contribution is 2.47. The van der Waals surface area contributed by atoms with Gasteiger partial charge in [0.05, 0.1) is 12.5 Å². The lowest BCUT2D eigenvalue weighted by Gasteiger charge is -2.27. The molecule has 1 aromatic heterocycles. The molecular weight excluding hydrogens is 242 g/mol. The molecule has 3 rings (SSSR count). The van der Waals surface area contributed by atoms with E-state index in [0.717, 1.165) is 29.3 Å². The van der Waals surface area contributed by atoms with E-state index in [-0.39, 0.29) is 0 Å². The highest BCUT2D eigenvalue weighted by molar-refractivity contribution is 5.94. The van der Waals surface area contributed by atoms with Crippen LogP contribution in [-0.4, -0.2) is 23.2 Å². The largest absolute Gasteiger partial charge is 0.496 e. The number of nitrogens with one attached hydrogen (secondary N) is 1. The van der Waals surface area contributed by atoms with E-state index in [0.29, 0.717) is 18.6 Å². The second-order valence-electron chi connectivity index (χ2n) is 5.18. The molecule has 0 bridgehead atoms. The van der Waals surface area contributed by atoms with Crippen LogP contribution in [-0.2, 0) is 10.2 Å². The predicted octanol–water partition coefficient (Wildman–Crippen LogP) is 3.07. The first-order valence-corrected chi connectivity index (χ1v) is 6.57. The molecular formula is C15H17NO3. The molecule has 0 radical (unpaired) electrons. The van der Waals surface area contributed by atoms with Crippen LogP contribution in [0.5, 0.6) is 5.75 Å². The number of benzene rings is 1. The van der Waals surface area contributed by atoms with Crippen LogP contribution in [0.25, 0.3) is 10.9 Å². The molecule has 1 heterocycles. The molecule has 1 saturated carbocycles. The summed E-state index contributed by atoms with van der Waals surface area (Å²) in [6.07, 6.45) is 5.12. The first kappa shape index (κ1) is 12.1. The number of carbonyl (C=O) groups is 1. The zero-order valence-electron chi connectivity index (χ0n) is 10.9. The van der Waals surface area contributed by atoms with Gasteiger partial charge in [-0.25, -0.2) is 0 Å². The molecule has 0 aliphatic heterocycles. The Balaban J connectivity index is 2.32. The molecule has 2 aromatic rings. The molecule has 2 N–H and O–H groups in total. The van der Waals surface area contributed by atoms with Crippen LogP contribution < -0.4 is 4.74 Å². The maximum Gasteiger partial charge on any atom is 0.314 e. The van der Waals surface area contributed by atoms with Gasteiger partial charge < -0.3 is 14.8 Å². The van der Waals surface area contributed by atoms with Crippen molar-refractivity contribution in [2.45, 2.75) is 31.1 Å². The van der Waals surface area contributed by atoms with Gasteiger partial charge in [-0.15, -0.1) is 0 Å². The monoisotopic (exact) mass is 259 g/mol. The summed E-state index contributed by atoms with van der Waals surface area (Å²) in [5, 5.41) is 10.7. The van der Waals surface area contributed by atoms with E-state index in [4.69, 9.17) is 4.74 Å². The number of hydrogen-bond acceptors (Lipinski definition) is 2. The van der Waals surface area contributed by atoms with Crippen molar-refractivity contribution in [3.8, 4) is 5.75 Å². The van der Waals surface area contributed by atoms with Gasteiger partial charge in [-0.2, -0.15) is 0 Å². The van der Waals surface area contributed by atoms with Crippen LogP contribution in [0, 0.1) is 0 Å². The number of aromatic amines is 1. The van der Waals surface area contributed by atoms with Crippen molar-refractivity contribution >= 4 is 16.9 Å².